The summed E-state index contributed by atoms with van der Waals surface area (Å²) in [7, 11) is -3.47. The van der Waals surface area contributed by atoms with Crippen LogP contribution >= 0.6 is 27.3 Å². The van der Waals surface area contributed by atoms with E-state index in [1.165, 1.54) is 11.3 Å². The molecule has 3 nitrogen and oxygen atoms in total. The van der Waals surface area contributed by atoms with Gasteiger partial charge in [-0.25, -0.2) is 13.1 Å². The van der Waals surface area contributed by atoms with Crippen LogP contribution in [0.5, 0.6) is 0 Å². The zero-order valence-corrected chi connectivity index (χ0v) is 12.8. The highest BCUT2D eigenvalue weighted by atomic mass is 79.9. The van der Waals surface area contributed by atoms with E-state index in [0.29, 0.717) is 4.47 Å². The Bertz CT molecular complexity index is 514. The van der Waals surface area contributed by atoms with Crippen molar-refractivity contribution in [3.05, 3.63) is 15.2 Å². The number of thiophene rings is 1. The van der Waals surface area contributed by atoms with Gasteiger partial charge in [-0.3, -0.25) is 0 Å². The number of halogens is 1. The van der Waals surface area contributed by atoms with Gasteiger partial charge in [0.1, 0.15) is 4.90 Å². The van der Waals surface area contributed by atoms with Crippen LogP contribution in [0.2, 0.25) is 0 Å². The second kappa shape index (κ2) is 6.01. The number of hydrogen-bond acceptors (Lipinski definition) is 3. The van der Waals surface area contributed by atoms with Gasteiger partial charge in [-0.2, -0.15) is 0 Å². The van der Waals surface area contributed by atoms with Gasteiger partial charge < -0.3 is 0 Å². The summed E-state index contributed by atoms with van der Waals surface area (Å²) in [6.07, 6.45) is 5.36. The van der Waals surface area contributed by atoms with Crippen LogP contribution in [-0.4, -0.2) is 15.0 Å². The van der Waals surface area contributed by atoms with Gasteiger partial charge in [0.15, 0.2) is 0 Å². The van der Waals surface area contributed by atoms with Gasteiger partial charge >= 0.3 is 0 Å². The lowest BCUT2D eigenvalue weighted by atomic mass is 9.97. The maximum Gasteiger partial charge on any atom is 0.242 e. The van der Waals surface area contributed by atoms with Crippen LogP contribution in [0.1, 0.15) is 13.8 Å². The molecule has 0 saturated heterocycles. The first-order valence-corrected chi connectivity index (χ1v) is 8.28. The number of hydrogen-bond donors (Lipinski definition) is 1. The van der Waals surface area contributed by atoms with Crippen LogP contribution in [0.25, 0.3) is 0 Å². The minimum atomic E-state index is -3.47. The number of terminal acetylenes is 1. The summed E-state index contributed by atoms with van der Waals surface area (Å²) in [4.78, 5) is 0.266. The second-order valence-electron chi connectivity index (χ2n) is 3.95. The van der Waals surface area contributed by atoms with Crippen molar-refractivity contribution >= 4 is 37.3 Å². The third-order valence-electron chi connectivity index (χ3n) is 2.38. The molecule has 0 saturated carbocycles. The summed E-state index contributed by atoms with van der Waals surface area (Å²) in [5.74, 6) is 2.75. The minimum absolute atomic E-state index is 0.0952. The zero-order chi connectivity index (χ0) is 13.1. The van der Waals surface area contributed by atoms with E-state index in [1.54, 1.807) is 10.8 Å². The summed E-state index contributed by atoms with van der Waals surface area (Å²) < 4.78 is 27.0. The van der Waals surface area contributed by atoms with E-state index < -0.39 is 10.0 Å². The molecule has 1 heterocycles. The third kappa shape index (κ3) is 3.81. The van der Waals surface area contributed by atoms with Crippen molar-refractivity contribution in [1.82, 2.24) is 4.72 Å². The number of nitrogens with one attached hydrogen (secondary N) is 1. The smallest absolute Gasteiger partial charge is 0.210 e. The first-order valence-electron chi connectivity index (χ1n) is 5.06. The second-order valence-corrected chi connectivity index (χ2v) is 7.29. The highest BCUT2D eigenvalue weighted by molar-refractivity contribution is 9.10. The van der Waals surface area contributed by atoms with E-state index in [-0.39, 0.29) is 23.3 Å². The molecule has 1 N–H and O–H groups in total. The molecule has 1 aromatic heterocycles. The van der Waals surface area contributed by atoms with Crippen molar-refractivity contribution in [2.24, 2.45) is 11.8 Å². The van der Waals surface area contributed by atoms with Crippen LogP contribution in [0, 0.1) is 24.2 Å². The molecule has 0 spiro atoms. The molecule has 0 aliphatic rings. The van der Waals surface area contributed by atoms with Gasteiger partial charge in [-0.15, -0.1) is 23.7 Å². The van der Waals surface area contributed by atoms with Crippen molar-refractivity contribution in [3.63, 3.8) is 0 Å². The molecule has 0 aliphatic carbocycles. The van der Waals surface area contributed by atoms with Crippen LogP contribution in [0.15, 0.2) is 20.1 Å². The predicted molar refractivity (Wildman–Crippen MR) is 74.4 cm³/mol. The van der Waals surface area contributed by atoms with E-state index in [0.717, 1.165) is 0 Å². The largest absolute Gasteiger partial charge is 0.242 e. The first kappa shape index (κ1) is 14.7. The van der Waals surface area contributed by atoms with Crippen molar-refractivity contribution in [2.45, 2.75) is 18.7 Å². The first-order chi connectivity index (χ1) is 7.88. The molecule has 0 bridgehead atoms. The average molecular weight is 336 g/mol. The summed E-state index contributed by atoms with van der Waals surface area (Å²) in [5, 5.41) is 3.32. The van der Waals surface area contributed by atoms with Gasteiger partial charge in [0.05, 0.1) is 0 Å². The molecule has 1 rings (SSSR count). The Balaban J connectivity index is 2.76. The summed E-state index contributed by atoms with van der Waals surface area (Å²) >= 11 is 4.54. The Morgan fingerprint density at radius 1 is 1.53 bits per heavy atom. The number of rotatable bonds is 5. The molecule has 1 unspecified atom stereocenters. The molecule has 0 aliphatic heterocycles. The highest BCUT2D eigenvalue weighted by Gasteiger charge is 2.20. The number of sulfonamides is 1. The van der Waals surface area contributed by atoms with Crippen molar-refractivity contribution in [2.75, 3.05) is 6.54 Å². The van der Waals surface area contributed by atoms with Crippen molar-refractivity contribution in [1.29, 1.82) is 0 Å². The molecule has 1 aromatic rings. The Hall–Kier alpha value is -0.350. The van der Waals surface area contributed by atoms with Gasteiger partial charge in [0.25, 0.3) is 0 Å². The lowest BCUT2D eigenvalue weighted by Crippen LogP contribution is -2.30. The monoisotopic (exact) mass is 335 g/mol. The Morgan fingerprint density at radius 2 is 2.18 bits per heavy atom. The quantitative estimate of drug-likeness (QED) is 0.841. The fraction of sp³-hybridized carbons (Fsp3) is 0.455. The van der Waals surface area contributed by atoms with Gasteiger partial charge in [0.2, 0.25) is 10.0 Å². The summed E-state index contributed by atoms with van der Waals surface area (Å²) in [5.41, 5.74) is 0. The van der Waals surface area contributed by atoms with Gasteiger partial charge in [-0.05, 0) is 21.8 Å². The third-order valence-corrected chi connectivity index (χ3v) is 5.96. The molecule has 6 heteroatoms. The lowest BCUT2D eigenvalue weighted by molar-refractivity contribution is 0.471. The van der Waals surface area contributed by atoms with Gasteiger partial charge in [0, 0.05) is 27.7 Å². The maximum absolute atomic E-state index is 12.0. The normalized spacial score (nSPS) is 13.6. The van der Waals surface area contributed by atoms with Gasteiger partial charge in [-0.1, -0.05) is 13.8 Å². The molecule has 0 amide bonds. The molecule has 0 fully saturated rings. The molecule has 1 atom stereocenters. The van der Waals surface area contributed by atoms with E-state index in [9.17, 15) is 8.42 Å². The SMILES string of the molecule is C#CC(CNS(=O)(=O)c1cscc1Br)C(C)C. The van der Waals surface area contributed by atoms with E-state index in [4.69, 9.17) is 6.42 Å². The molecule has 17 heavy (non-hydrogen) atoms. The van der Waals surface area contributed by atoms with Crippen LogP contribution in [0.4, 0.5) is 0 Å². The van der Waals surface area contributed by atoms with Crippen LogP contribution < -0.4 is 4.72 Å². The fourth-order valence-corrected chi connectivity index (χ4v) is 4.64. The fourth-order valence-electron chi connectivity index (χ4n) is 1.23. The minimum Gasteiger partial charge on any atom is -0.210 e. The highest BCUT2D eigenvalue weighted by Crippen LogP contribution is 2.25. The molecule has 0 radical (unpaired) electrons. The molecule has 0 aromatic carbocycles. The van der Waals surface area contributed by atoms with Crippen molar-refractivity contribution < 1.29 is 8.42 Å². The van der Waals surface area contributed by atoms with Crippen LogP contribution in [0.3, 0.4) is 0 Å². The van der Waals surface area contributed by atoms with Crippen LogP contribution in [-0.2, 0) is 10.0 Å². The zero-order valence-electron chi connectivity index (χ0n) is 9.60. The molecular weight excluding hydrogens is 322 g/mol. The Morgan fingerprint density at radius 3 is 2.59 bits per heavy atom. The Kier molecular flexibility index (Phi) is 5.20. The molecular formula is C11H14BrNO2S2. The summed E-state index contributed by atoms with van der Waals surface area (Å²) in [6.45, 7) is 4.21. The Labute approximate surface area is 115 Å². The topological polar surface area (TPSA) is 46.2 Å². The molecule has 94 valence electrons. The lowest BCUT2D eigenvalue weighted by Gasteiger charge is -2.15. The average Bonchev–Trinajstić information content (AvgIpc) is 2.65. The standard InChI is InChI=1S/C11H14BrNO2S2/c1-4-9(8(2)3)5-13-17(14,15)11-7-16-6-10(11)12/h1,6-9,13H,5H2,2-3H3. The predicted octanol–water partition coefficient (Wildman–Crippen LogP) is 2.69. The van der Waals surface area contributed by atoms with Crippen molar-refractivity contribution in [3.8, 4) is 12.3 Å². The maximum atomic E-state index is 12.0. The van der Waals surface area contributed by atoms with E-state index in [2.05, 4.69) is 26.6 Å². The van der Waals surface area contributed by atoms with E-state index >= 15 is 0 Å². The van der Waals surface area contributed by atoms with E-state index in [1.807, 2.05) is 13.8 Å². The summed E-state index contributed by atoms with van der Waals surface area (Å²) in [6, 6.07) is 0.